The molecule has 0 aromatic heterocycles. The van der Waals surface area contributed by atoms with Crippen molar-refractivity contribution in [3.05, 3.63) is 100 Å². The number of carbonyl (C=O) groups excluding carboxylic acids is 1. The highest BCUT2D eigenvalue weighted by Gasteiger charge is 2.45. The molecule has 1 aliphatic heterocycles. The summed E-state index contributed by atoms with van der Waals surface area (Å²) in [5.74, 6) is -3.09. The van der Waals surface area contributed by atoms with Gasteiger partial charge in [-0.15, -0.1) is 0 Å². The van der Waals surface area contributed by atoms with Gasteiger partial charge in [0.15, 0.2) is 5.78 Å². The number of Topliss-reactive ketones (excluding diaryl/α,β-unsaturated/α-hetero) is 1. The van der Waals surface area contributed by atoms with Gasteiger partial charge in [0.1, 0.15) is 41.7 Å². The van der Waals surface area contributed by atoms with Gasteiger partial charge in [-0.25, -0.2) is 4.79 Å². The Balaban J connectivity index is 1.36. The Kier molecular flexibility index (Phi) is 9.41. The quantitative estimate of drug-likeness (QED) is 0.102. The number of aromatic hydroxyl groups is 2. The largest absolute Gasteiger partial charge is 0.507 e. The molecular formula is C37H38O11. The van der Waals surface area contributed by atoms with Crippen LogP contribution >= 0.6 is 0 Å². The van der Waals surface area contributed by atoms with E-state index in [9.17, 15) is 45.3 Å². The van der Waals surface area contributed by atoms with Gasteiger partial charge in [0.2, 0.25) is 6.29 Å². The van der Waals surface area contributed by atoms with Crippen molar-refractivity contribution >= 4 is 22.5 Å². The fourth-order valence-electron chi connectivity index (χ4n) is 7.13. The van der Waals surface area contributed by atoms with Crippen molar-refractivity contribution in [2.24, 2.45) is 0 Å². The van der Waals surface area contributed by atoms with Crippen LogP contribution in [0.2, 0.25) is 0 Å². The molecule has 1 fully saturated rings. The van der Waals surface area contributed by atoms with Crippen LogP contribution in [0.25, 0.3) is 10.8 Å². The fourth-order valence-corrected chi connectivity index (χ4v) is 7.13. The van der Waals surface area contributed by atoms with Crippen molar-refractivity contribution < 1.29 is 54.8 Å². The number of phenols is 2. The molecule has 0 spiro atoms. The van der Waals surface area contributed by atoms with E-state index in [4.69, 9.17) is 9.47 Å². The first kappa shape index (κ1) is 33.4. The van der Waals surface area contributed by atoms with E-state index in [1.807, 2.05) is 36.4 Å². The second kappa shape index (κ2) is 13.5. The van der Waals surface area contributed by atoms with Crippen molar-refractivity contribution in [2.45, 2.75) is 75.1 Å². The Labute approximate surface area is 276 Å². The van der Waals surface area contributed by atoms with Gasteiger partial charge < -0.3 is 45.2 Å². The summed E-state index contributed by atoms with van der Waals surface area (Å²) in [7, 11) is 0. The third-order valence-electron chi connectivity index (χ3n) is 9.67. The summed E-state index contributed by atoms with van der Waals surface area (Å²) in [6.07, 6.45) is -5.87. The second-order valence-electron chi connectivity index (χ2n) is 12.6. The minimum absolute atomic E-state index is 0.0323. The van der Waals surface area contributed by atoms with E-state index in [1.54, 1.807) is 0 Å². The van der Waals surface area contributed by atoms with Crippen LogP contribution < -0.4 is 4.74 Å². The predicted octanol–water partition coefficient (Wildman–Crippen LogP) is 3.91. The number of aromatic carboxylic acids is 1. The number of ether oxygens (including phenoxy) is 2. The summed E-state index contributed by atoms with van der Waals surface area (Å²) in [4.78, 5) is 26.1. The highest BCUT2D eigenvalue weighted by molar-refractivity contribution is 6.11. The van der Waals surface area contributed by atoms with E-state index in [0.29, 0.717) is 0 Å². The lowest BCUT2D eigenvalue weighted by Crippen LogP contribution is -2.60. The zero-order valence-corrected chi connectivity index (χ0v) is 26.2. The smallest absolute Gasteiger partial charge is 0.335 e. The number of aliphatic hydroxyl groups excluding tert-OH is 4. The molecule has 6 rings (SSSR count). The molecule has 7 N–H and O–H groups in total. The maximum Gasteiger partial charge on any atom is 0.335 e. The van der Waals surface area contributed by atoms with E-state index in [2.05, 4.69) is 18.2 Å². The third-order valence-corrected chi connectivity index (χ3v) is 9.67. The van der Waals surface area contributed by atoms with Crippen LogP contribution in [0.5, 0.6) is 17.2 Å². The zero-order valence-electron chi connectivity index (χ0n) is 26.2. The monoisotopic (exact) mass is 658 g/mol. The summed E-state index contributed by atoms with van der Waals surface area (Å²) in [6, 6.07) is 20.4. The molecule has 7 atom stereocenters. The number of carboxylic acid groups (broad SMARTS) is 1. The van der Waals surface area contributed by atoms with Crippen LogP contribution in [-0.2, 0) is 11.2 Å². The number of fused-ring (bicyclic) bond motifs is 2. The van der Waals surface area contributed by atoms with E-state index in [-0.39, 0.29) is 51.5 Å². The van der Waals surface area contributed by atoms with Crippen LogP contribution in [-0.4, -0.2) is 84.8 Å². The first-order valence-corrected chi connectivity index (χ1v) is 15.9. The maximum absolute atomic E-state index is 14.1. The van der Waals surface area contributed by atoms with Crippen molar-refractivity contribution in [2.75, 3.05) is 6.61 Å². The lowest BCUT2D eigenvalue weighted by Gasteiger charge is -2.39. The molecule has 4 aromatic rings. The first-order chi connectivity index (χ1) is 23.0. The molecule has 0 bridgehead atoms. The second-order valence-corrected chi connectivity index (χ2v) is 12.6. The minimum atomic E-state index is -1.84. The number of carbonyl (C=O) groups is 2. The average molecular weight is 659 g/mol. The van der Waals surface area contributed by atoms with Crippen LogP contribution in [0.3, 0.4) is 0 Å². The number of rotatable bonds is 9. The topological polar surface area (TPSA) is 194 Å². The van der Waals surface area contributed by atoms with Crippen molar-refractivity contribution in [1.29, 1.82) is 0 Å². The molecule has 2 aliphatic rings. The normalized spacial score (nSPS) is 25.4. The molecule has 0 saturated carbocycles. The Hall–Kier alpha value is -4.52. The van der Waals surface area contributed by atoms with Crippen molar-refractivity contribution in [1.82, 2.24) is 0 Å². The molecule has 0 unspecified atom stereocenters. The molecule has 1 saturated heterocycles. The standard InChI is InChI=1S/C37H38O11/c1-18-29(26(39)15-21-12-11-20(13-19-7-3-2-4-8-19)23-9-5-6-10-24(21)23)33(42)30-25(31(18)40)14-22(36(45)46)16-27(30)47-37-35(44)34(43)32(41)28(17-38)48-37/h2-10,14,16,20-21,28,32,34-35,37-38,40-44H,11-13,15,17H2,1H3,(H,45,46)/t20-,21+,28+,32+,34-,35+,37-/m0/s1. The van der Waals surface area contributed by atoms with Crippen LogP contribution in [0.1, 0.15) is 74.1 Å². The molecule has 0 radical (unpaired) electrons. The SMILES string of the molecule is Cc1c(C(=O)C[C@H]2CC[C@@H](Cc3ccccc3)c3ccccc32)c(O)c2c(O[C@H]3O[C@H](CO)[C@@H](O)[C@H](O)[C@H]3O)cc(C(=O)O)cc2c1O. The van der Waals surface area contributed by atoms with Gasteiger partial charge >= 0.3 is 5.97 Å². The number of benzene rings is 4. The predicted molar refractivity (Wildman–Crippen MR) is 174 cm³/mol. The number of phenolic OH excluding ortho intramolecular Hbond substituents is 2. The Bertz CT molecular complexity index is 1840. The van der Waals surface area contributed by atoms with Gasteiger partial charge in [-0.2, -0.15) is 0 Å². The number of ketones is 1. The van der Waals surface area contributed by atoms with E-state index in [0.717, 1.165) is 37.0 Å². The molecule has 1 heterocycles. The van der Waals surface area contributed by atoms with E-state index < -0.39 is 60.6 Å². The minimum Gasteiger partial charge on any atom is -0.507 e. The third kappa shape index (κ3) is 6.11. The summed E-state index contributed by atoms with van der Waals surface area (Å²) in [5, 5.41) is 73.0. The number of aliphatic hydroxyl groups is 4. The van der Waals surface area contributed by atoms with Gasteiger partial charge in [-0.1, -0.05) is 54.6 Å². The fraction of sp³-hybridized carbons (Fsp3) is 0.351. The van der Waals surface area contributed by atoms with Crippen molar-refractivity contribution in [3.8, 4) is 17.2 Å². The van der Waals surface area contributed by atoms with Crippen molar-refractivity contribution in [3.63, 3.8) is 0 Å². The maximum atomic E-state index is 14.1. The first-order valence-electron chi connectivity index (χ1n) is 15.9. The molecular weight excluding hydrogens is 620 g/mol. The summed E-state index contributed by atoms with van der Waals surface area (Å²) >= 11 is 0. The Morgan fingerprint density at radius 3 is 2.17 bits per heavy atom. The van der Waals surface area contributed by atoms with Crippen LogP contribution in [0, 0.1) is 6.92 Å². The van der Waals surface area contributed by atoms with E-state index in [1.165, 1.54) is 18.1 Å². The molecule has 11 heteroatoms. The Morgan fingerprint density at radius 1 is 0.854 bits per heavy atom. The summed E-state index contributed by atoms with van der Waals surface area (Å²) < 4.78 is 11.2. The highest BCUT2D eigenvalue weighted by Crippen LogP contribution is 2.47. The van der Waals surface area contributed by atoms with Gasteiger partial charge in [-0.3, -0.25) is 4.79 Å². The van der Waals surface area contributed by atoms with E-state index >= 15 is 0 Å². The van der Waals surface area contributed by atoms with Crippen LogP contribution in [0.4, 0.5) is 0 Å². The van der Waals surface area contributed by atoms with Gasteiger partial charge in [0.25, 0.3) is 0 Å². The zero-order chi connectivity index (χ0) is 34.3. The lowest BCUT2D eigenvalue weighted by atomic mass is 9.72. The number of carboxylic acids is 1. The van der Waals surface area contributed by atoms with Gasteiger partial charge in [0, 0.05) is 17.4 Å². The Morgan fingerprint density at radius 2 is 1.50 bits per heavy atom. The van der Waals surface area contributed by atoms with Gasteiger partial charge in [-0.05, 0) is 66.8 Å². The highest BCUT2D eigenvalue weighted by atomic mass is 16.7. The number of hydrogen-bond acceptors (Lipinski definition) is 10. The molecule has 11 nitrogen and oxygen atoms in total. The lowest BCUT2D eigenvalue weighted by molar-refractivity contribution is -0.277. The molecule has 0 amide bonds. The summed E-state index contributed by atoms with van der Waals surface area (Å²) in [6.45, 7) is 0.722. The average Bonchev–Trinajstić information content (AvgIpc) is 3.08. The molecule has 4 aromatic carbocycles. The molecule has 252 valence electrons. The summed E-state index contributed by atoms with van der Waals surface area (Å²) in [5.41, 5.74) is 3.00. The molecule has 48 heavy (non-hydrogen) atoms. The van der Waals surface area contributed by atoms with Crippen LogP contribution in [0.15, 0.2) is 66.7 Å². The molecule has 1 aliphatic carbocycles. The van der Waals surface area contributed by atoms with Gasteiger partial charge in [0.05, 0.1) is 23.1 Å². The number of hydrogen-bond donors (Lipinski definition) is 7.